The number of rotatable bonds is 6. The van der Waals surface area contributed by atoms with Crippen LogP contribution in [-0.4, -0.2) is 42.8 Å². The minimum Gasteiger partial charge on any atom is -0.459 e. The molecule has 0 aliphatic rings. The molecule has 2 rings (SSSR count). The molecule has 21 heavy (non-hydrogen) atoms. The number of halogens is 1. The number of fused-ring (bicyclic) bond motifs is 1. The fourth-order valence-corrected chi connectivity index (χ4v) is 2.84. The normalized spacial score (nSPS) is 16.3. The van der Waals surface area contributed by atoms with E-state index in [-0.39, 0.29) is 6.04 Å². The van der Waals surface area contributed by atoms with Crippen molar-refractivity contribution >= 4 is 26.9 Å². The third kappa shape index (κ3) is 4.54. The van der Waals surface area contributed by atoms with Crippen molar-refractivity contribution in [3.8, 4) is 0 Å². The van der Waals surface area contributed by atoms with E-state index in [0.717, 1.165) is 21.2 Å². The molecule has 2 aromatic rings. The van der Waals surface area contributed by atoms with E-state index in [1.165, 1.54) is 0 Å². The molecule has 0 saturated heterocycles. The first kappa shape index (κ1) is 16.5. The number of furan rings is 1. The second-order valence-electron chi connectivity index (χ2n) is 6.17. The summed E-state index contributed by atoms with van der Waals surface area (Å²) < 4.78 is 6.89. The van der Waals surface area contributed by atoms with Crippen molar-refractivity contribution in [2.24, 2.45) is 0 Å². The molecule has 1 aromatic heterocycles. The molecule has 0 spiro atoms. The largest absolute Gasteiger partial charge is 0.459 e. The molecule has 0 aliphatic carbocycles. The van der Waals surface area contributed by atoms with Gasteiger partial charge in [0.25, 0.3) is 0 Å². The zero-order valence-electron chi connectivity index (χ0n) is 13.0. The summed E-state index contributed by atoms with van der Waals surface area (Å²) in [4.78, 5) is 1.98. The van der Waals surface area contributed by atoms with Crippen LogP contribution in [0.2, 0.25) is 0 Å². The maximum absolute atomic E-state index is 10.3. The molecule has 0 saturated carbocycles. The third-order valence-electron chi connectivity index (χ3n) is 3.37. The second-order valence-corrected chi connectivity index (χ2v) is 7.08. The van der Waals surface area contributed by atoms with E-state index in [9.17, 15) is 5.11 Å². The predicted molar refractivity (Wildman–Crippen MR) is 89.5 cm³/mol. The summed E-state index contributed by atoms with van der Waals surface area (Å²) in [6, 6.07) is 8.05. The molecular formula is C16H23BrN2O2. The molecule has 0 aliphatic heterocycles. The Morgan fingerprint density at radius 1 is 1.38 bits per heavy atom. The molecule has 4 nitrogen and oxygen atoms in total. The zero-order valence-corrected chi connectivity index (χ0v) is 14.6. The van der Waals surface area contributed by atoms with Gasteiger partial charge in [0.05, 0.1) is 11.6 Å². The van der Waals surface area contributed by atoms with Gasteiger partial charge in [-0.25, -0.2) is 0 Å². The lowest BCUT2D eigenvalue weighted by Gasteiger charge is -2.28. The van der Waals surface area contributed by atoms with Crippen LogP contribution in [0.4, 0.5) is 0 Å². The molecule has 2 atom stereocenters. The smallest absolute Gasteiger partial charge is 0.134 e. The number of likely N-dealkylation sites (N-methyl/N-ethyl adjacent to an activating group) is 1. The fraction of sp³-hybridized carbons (Fsp3) is 0.500. The van der Waals surface area contributed by atoms with E-state index in [2.05, 4.69) is 21.2 Å². The van der Waals surface area contributed by atoms with E-state index < -0.39 is 5.60 Å². The highest BCUT2D eigenvalue weighted by molar-refractivity contribution is 9.10. The van der Waals surface area contributed by atoms with Crippen LogP contribution in [0.25, 0.3) is 11.0 Å². The number of hydrogen-bond donors (Lipinski definition) is 2. The highest BCUT2D eigenvalue weighted by atomic mass is 79.9. The van der Waals surface area contributed by atoms with Gasteiger partial charge in [0, 0.05) is 22.9 Å². The van der Waals surface area contributed by atoms with Gasteiger partial charge in [0.1, 0.15) is 11.3 Å². The number of benzene rings is 1. The average molecular weight is 355 g/mol. The molecule has 116 valence electrons. The molecule has 5 heteroatoms. The monoisotopic (exact) mass is 354 g/mol. The Morgan fingerprint density at radius 3 is 2.76 bits per heavy atom. The molecule has 1 aromatic carbocycles. The Bertz CT molecular complexity index is 607. The summed E-state index contributed by atoms with van der Waals surface area (Å²) in [7, 11) is 3.91. The van der Waals surface area contributed by atoms with Crippen LogP contribution in [0.3, 0.4) is 0 Å². The van der Waals surface area contributed by atoms with Gasteiger partial charge in [-0.1, -0.05) is 15.9 Å². The van der Waals surface area contributed by atoms with E-state index >= 15 is 0 Å². The molecule has 0 radical (unpaired) electrons. The first-order valence-corrected chi connectivity index (χ1v) is 7.86. The maximum Gasteiger partial charge on any atom is 0.134 e. The standard InChI is InChI=1S/C16H23BrN2O2/c1-11(18-9-16(2,20)10-19(3)4)15-8-12-7-13(17)5-6-14(12)21-15/h5-8,11,18,20H,9-10H2,1-4H3. The van der Waals surface area contributed by atoms with Gasteiger partial charge < -0.3 is 19.7 Å². The van der Waals surface area contributed by atoms with Gasteiger partial charge >= 0.3 is 0 Å². The Morgan fingerprint density at radius 2 is 2.10 bits per heavy atom. The van der Waals surface area contributed by atoms with E-state index in [4.69, 9.17) is 4.42 Å². The minimum absolute atomic E-state index is 0.0461. The van der Waals surface area contributed by atoms with E-state index in [1.54, 1.807) is 0 Å². The average Bonchev–Trinajstić information content (AvgIpc) is 2.77. The lowest BCUT2D eigenvalue weighted by molar-refractivity contribution is 0.0312. The van der Waals surface area contributed by atoms with Crippen molar-refractivity contribution in [3.63, 3.8) is 0 Å². The van der Waals surface area contributed by atoms with Crippen molar-refractivity contribution in [1.82, 2.24) is 10.2 Å². The zero-order chi connectivity index (χ0) is 15.6. The second kappa shape index (κ2) is 6.48. The highest BCUT2D eigenvalue weighted by Gasteiger charge is 2.23. The van der Waals surface area contributed by atoms with Crippen molar-refractivity contribution in [2.45, 2.75) is 25.5 Å². The Balaban J connectivity index is 2.03. The first-order valence-electron chi connectivity index (χ1n) is 7.06. The van der Waals surface area contributed by atoms with Gasteiger partial charge in [-0.2, -0.15) is 0 Å². The summed E-state index contributed by atoms with van der Waals surface area (Å²) >= 11 is 3.46. The summed E-state index contributed by atoms with van der Waals surface area (Å²) in [6.07, 6.45) is 0. The Labute approximate surface area is 134 Å². The minimum atomic E-state index is -0.771. The molecular weight excluding hydrogens is 332 g/mol. The summed E-state index contributed by atoms with van der Waals surface area (Å²) in [6.45, 7) is 4.99. The number of aliphatic hydroxyl groups is 1. The topological polar surface area (TPSA) is 48.6 Å². The molecule has 0 bridgehead atoms. The van der Waals surface area contributed by atoms with Crippen LogP contribution in [0, 0.1) is 0 Å². The van der Waals surface area contributed by atoms with Crippen molar-refractivity contribution < 1.29 is 9.52 Å². The number of hydrogen-bond acceptors (Lipinski definition) is 4. The molecule has 2 unspecified atom stereocenters. The van der Waals surface area contributed by atoms with E-state index in [0.29, 0.717) is 13.1 Å². The Kier molecular flexibility index (Phi) is 5.09. The van der Waals surface area contributed by atoms with Gasteiger partial charge in [0.15, 0.2) is 0 Å². The van der Waals surface area contributed by atoms with Crippen LogP contribution in [0.1, 0.15) is 25.6 Å². The van der Waals surface area contributed by atoms with Gasteiger partial charge in [-0.05, 0) is 52.2 Å². The SMILES string of the molecule is CC(NCC(C)(O)CN(C)C)c1cc2cc(Br)ccc2o1. The van der Waals surface area contributed by atoms with Crippen LogP contribution in [-0.2, 0) is 0 Å². The fourth-order valence-electron chi connectivity index (χ4n) is 2.46. The number of nitrogens with one attached hydrogen (secondary N) is 1. The highest BCUT2D eigenvalue weighted by Crippen LogP contribution is 2.26. The van der Waals surface area contributed by atoms with E-state index in [1.807, 2.05) is 57.1 Å². The molecule has 0 fully saturated rings. The maximum atomic E-state index is 10.3. The van der Waals surface area contributed by atoms with Crippen LogP contribution in [0.5, 0.6) is 0 Å². The van der Waals surface area contributed by atoms with Crippen molar-refractivity contribution in [1.29, 1.82) is 0 Å². The van der Waals surface area contributed by atoms with Crippen LogP contribution in [0.15, 0.2) is 33.2 Å². The summed E-state index contributed by atoms with van der Waals surface area (Å²) in [5, 5.41) is 14.7. The summed E-state index contributed by atoms with van der Waals surface area (Å²) in [5.41, 5.74) is 0.106. The van der Waals surface area contributed by atoms with Crippen molar-refractivity contribution in [2.75, 3.05) is 27.2 Å². The predicted octanol–water partition coefficient (Wildman–Crippen LogP) is 3.16. The van der Waals surface area contributed by atoms with Gasteiger partial charge in [0.2, 0.25) is 0 Å². The molecule has 0 amide bonds. The van der Waals surface area contributed by atoms with Crippen LogP contribution < -0.4 is 5.32 Å². The van der Waals surface area contributed by atoms with Crippen molar-refractivity contribution in [3.05, 3.63) is 34.5 Å². The third-order valence-corrected chi connectivity index (χ3v) is 3.86. The quantitative estimate of drug-likeness (QED) is 0.836. The lowest BCUT2D eigenvalue weighted by atomic mass is 10.1. The van der Waals surface area contributed by atoms with Gasteiger partial charge in [-0.3, -0.25) is 0 Å². The summed E-state index contributed by atoms with van der Waals surface area (Å²) in [5.74, 6) is 0.878. The Hall–Kier alpha value is -0.880. The lowest BCUT2D eigenvalue weighted by Crippen LogP contribution is -2.46. The van der Waals surface area contributed by atoms with Gasteiger partial charge in [-0.15, -0.1) is 0 Å². The number of nitrogens with zero attached hydrogens (tertiary/aromatic N) is 1. The molecule has 1 heterocycles. The first-order chi connectivity index (χ1) is 9.77. The van der Waals surface area contributed by atoms with Crippen LogP contribution >= 0.6 is 15.9 Å². The molecule has 2 N–H and O–H groups in total.